The van der Waals surface area contributed by atoms with E-state index in [2.05, 4.69) is 423 Å². The van der Waals surface area contributed by atoms with Crippen LogP contribution in [0.3, 0.4) is 0 Å². The van der Waals surface area contributed by atoms with E-state index in [1.807, 2.05) is 11.3 Å². The topological polar surface area (TPSA) is 4.93 Å². The third kappa shape index (κ3) is 10.7. The van der Waals surface area contributed by atoms with Gasteiger partial charge in [0.05, 0.1) is 11.0 Å². The summed E-state index contributed by atoms with van der Waals surface area (Å²) in [5.74, 6) is 0. The molecule has 25 rings (SSSR count). The summed E-state index contributed by atoms with van der Waals surface area (Å²) in [6.45, 7) is 0. The highest BCUT2D eigenvalue weighted by molar-refractivity contribution is 7.25. The molecule has 2 aromatic heterocycles. The van der Waals surface area contributed by atoms with E-state index in [0.717, 1.165) is 0 Å². The van der Waals surface area contributed by atoms with Crippen molar-refractivity contribution in [1.29, 1.82) is 0 Å². The van der Waals surface area contributed by atoms with E-state index >= 15 is 0 Å². The maximum absolute atomic E-state index is 2.39. The Balaban J connectivity index is 0.000000102. The van der Waals surface area contributed by atoms with Crippen LogP contribution in [0.4, 0.5) is 0 Å². The van der Waals surface area contributed by atoms with Crippen molar-refractivity contribution < 1.29 is 0 Å². The molecule has 114 heavy (non-hydrogen) atoms. The molecule has 23 aromatic carbocycles. The zero-order chi connectivity index (χ0) is 74.9. The fourth-order valence-corrected chi connectivity index (χ4v) is 19.9. The molecule has 0 amide bonds. The zero-order valence-corrected chi connectivity index (χ0v) is 63.0. The lowest BCUT2D eigenvalue weighted by molar-refractivity contribution is 1.18. The predicted molar refractivity (Wildman–Crippen MR) is 496 cm³/mol. The van der Waals surface area contributed by atoms with Gasteiger partial charge in [0, 0.05) is 36.6 Å². The Morgan fingerprint density at radius 2 is 0.535 bits per heavy atom. The van der Waals surface area contributed by atoms with Gasteiger partial charge in [-0.15, -0.1) is 11.3 Å². The van der Waals surface area contributed by atoms with Crippen molar-refractivity contribution in [3.05, 3.63) is 419 Å². The summed E-state index contributed by atoms with van der Waals surface area (Å²) in [5.41, 5.74) is 13.7. The number of thiophene rings is 1. The van der Waals surface area contributed by atoms with Crippen LogP contribution >= 0.6 is 11.3 Å². The first kappa shape index (κ1) is 65.4. The minimum atomic E-state index is 1.18. The van der Waals surface area contributed by atoms with Crippen LogP contribution in [-0.2, 0) is 0 Å². The fourth-order valence-electron chi connectivity index (χ4n) is 18.8. The monoisotopic (exact) mass is 1460 g/mol. The highest BCUT2D eigenvalue weighted by Crippen LogP contribution is 2.47. The second kappa shape index (κ2) is 26.6. The van der Waals surface area contributed by atoms with E-state index in [1.54, 1.807) is 0 Å². The van der Waals surface area contributed by atoms with Crippen LogP contribution in [0.15, 0.2) is 419 Å². The summed E-state index contributed by atoms with van der Waals surface area (Å²) in [7, 11) is 0. The van der Waals surface area contributed by atoms with Crippen molar-refractivity contribution in [3.8, 4) is 50.2 Å². The lowest BCUT2D eigenvalue weighted by Gasteiger charge is -2.15. The molecule has 0 aliphatic carbocycles. The number of rotatable bonds is 5. The second-order valence-electron chi connectivity index (χ2n) is 30.4. The van der Waals surface area contributed by atoms with Crippen LogP contribution in [0, 0.1) is 0 Å². The zero-order valence-electron chi connectivity index (χ0n) is 62.2. The Kier molecular flexibility index (Phi) is 15.3. The van der Waals surface area contributed by atoms with Crippen LogP contribution in [-0.4, -0.2) is 4.57 Å². The summed E-state index contributed by atoms with van der Waals surface area (Å²) in [5, 5.41) is 39.1. The Hall–Kier alpha value is -14.5. The highest BCUT2D eigenvalue weighted by atomic mass is 32.1. The van der Waals surface area contributed by atoms with Crippen molar-refractivity contribution in [3.63, 3.8) is 0 Å². The summed E-state index contributed by atoms with van der Waals surface area (Å²) in [6, 6.07) is 154. The second-order valence-corrected chi connectivity index (χ2v) is 31.5. The summed E-state index contributed by atoms with van der Waals surface area (Å²) >= 11 is 1.87. The van der Waals surface area contributed by atoms with Crippen LogP contribution in [0.2, 0.25) is 0 Å². The molecule has 2 heterocycles. The average molecular weight is 1460 g/mol. The molecule has 1 nitrogen and oxygen atoms in total. The van der Waals surface area contributed by atoms with Gasteiger partial charge in [0.2, 0.25) is 0 Å². The van der Waals surface area contributed by atoms with Crippen LogP contribution in [0.5, 0.6) is 0 Å². The lowest BCUT2D eigenvalue weighted by atomic mass is 9.89. The third-order valence-corrected chi connectivity index (χ3v) is 25.3. The van der Waals surface area contributed by atoms with Gasteiger partial charge in [-0.05, 0) is 263 Å². The average Bonchev–Trinajstić information content (AvgIpc) is 0.765. The molecule has 0 bridgehead atoms. The molecule has 2 heteroatoms. The van der Waals surface area contributed by atoms with Crippen molar-refractivity contribution in [2.45, 2.75) is 0 Å². The predicted octanol–water partition coefficient (Wildman–Crippen LogP) is 32.2. The van der Waals surface area contributed by atoms with Gasteiger partial charge in [-0.25, -0.2) is 0 Å². The highest BCUT2D eigenvalue weighted by Gasteiger charge is 2.20. The Morgan fingerprint density at radius 1 is 0.149 bits per heavy atom. The van der Waals surface area contributed by atoms with E-state index in [4.69, 9.17) is 0 Å². The minimum Gasteiger partial charge on any atom is -0.309 e. The number of para-hydroxylation sites is 2. The van der Waals surface area contributed by atoms with Crippen LogP contribution < -0.4 is 0 Å². The van der Waals surface area contributed by atoms with Crippen LogP contribution in [0.1, 0.15) is 0 Å². The van der Waals surface area contributed by atoms with Gasteiger partial charge in [0.25, 0.3) is 0 Å². The van der Waals surface area contributed by atoms with E-state index in [1.165, 1.54) is 232 Å². The standard InChI is InChI=1S/C40H25N.C38H24.C34H20S/c1-2-9-31(10-3-1)41-38-13-7-6-12-34(38)37-25-30(20-23-39(37)41)29-17-15-27-14-16-28-19-21-33-32-11-5-4-8-26(32)18-22-35(33)40(28)36(27)24-29;1-2-8-25(9-3-1)28-16-14-26-15-17-29(23-31(26)22-28)37-24-30-19-20-34-32-11-5-4-10-27(32)18-21-36(34)38(30)35-13-7-6-12-33(35)37;1-3-9-24-21(7-1)13-15-28-26(24)16-17-29-30(19-22-8-2-4-10-25(22)34(28)29)23-14-18-33-31(20-23)27-11-5-6-12-32(27)35-33/h1-25H;1-24H;1-20H. The molecule has 0 saturated heterocycles. The number of aromatic nitrogens is 1. The van der Waals surface area contributed by atoms with E-state index in [-0.39, 0.29) is 0 Å². The molecule has 0 unspecified atom stereocenters. The molecule has 0 fully saturated rings. The summed E-state index contributed by atoms with van der Waals surface area (Å²) in [6.07, 6.45) is 0. The van der Waals surface area contributed by atoms with Crippen molar-refractivity contribution in [2.24, 2.45) is 0 Å². The molecule has 0 spiro atoms. The van der Waals surface area contributed by atoms with Gasteiger partial charge in [-0.3, -0.25) is 0 Å². The molecule has 0 N–H and O–H groups in total. The minimum absolute atomic E-state index is 1.18. The van der Waals surface area contributed by atoms with Crippen molar-refractivity contribution in [1.82, 2.24) is 4.57 Å². The smallest absolute Gasteiger partial charge is 0.0541 e. The molecule has 25 aromatic rings. The Labute approximate surface area is 661 Å². The molecule has 528 valence electrons. The largest absolute Gasteiger partial charge is 0.309 e. The number of nitrogens with zero attached hydrogens (tertiary/aromatic N) is 1. The number of hydrogen-bond donors (Lipinski definition) is 0. The van der Waals surface area contributed by atoms with Crippen molar-refractivity contribution >= 4 is 193 Å². The lowest BCUT2D eigenvalue weighted by Crippen LogP contribution is -1.92. The van der Waals surface area contributed by atoms with Gasteiger partial charge in [-0.2, -0.15) is 0 Å². The van der Waals surface area contributed by atoms with Gasteiger partial charge in [0.15, 0.2) is 0 Å². The molecule has 0 aliphatic rings. The first-order valence-corrected chi connectivity index (χ1v) is 40.2. The number of benzene rings is 23. The first-order chi connectivity index (χ1) is 56.5. The normalized spacial score (nSPS) is 11.9. The summed E-state index contributed by atoms with van der Waals surface area (Å²) < 4.78 is 5.07. The van der Waals surface area contributed by atoms with Gasteiger partial charge >= 0.3 is 0 Å². The molecule has 0 saturated carbocycles. The van der Waals surface area contributed by atoms with E-state index < -0.39 is 0 Å². The number of fused-ring (bicyclic) bond motifs is 28. The maximum Gasteiger partial charge on any atom is 0.0541 e. The van der Waals surface area contributed by atoms with Gasteiger partial charge < -0.3 is 4.57 Å². The van der Waals surface area contributed by atoms with Gasteiger partial charge in [0.1, 0.15) is 0 Å². The Morgan fingerprint density at radius 3 is 1.24 bits per heavy atom. The number of hydrogen-bond acceptors (Lipinski definition) is 1. The fraction of sp³-hybridized carbons (Fsp3) is 0. The SMILES string of the molecule is c1ccc(-c2ccc3ccc(-c4cc5ccc6c7ccccc7ccc6c5c5ccccc45)cc3c2)cc1.c1ccc(-n2c3ccccc3c3cc(-c4ccc5ccc6ccc7c8ccccc8ccc7c6c5c4)ccc32)cc1.c1ccc2c(c1)ccc1c2ccc2c(-c3ccc4sc5ccccc5c4c3)cc3ccccc3c21. The maximum atomic E-state index is 2.39. The van der Waals surface area contributed by atoms with Crippen LogP contribution in [0.25, 0.3) is 232 Å². The first-order valence-electron chi connectivity index (χ1n) is 39.4. The molecule has 0 atom stereocenters. The summed E-state index contributed by atoms with van der Waals surface area (Å²) in [4.78, 5) is 0. The Bertz CT molecular complexity index is 8290. The van der Waals surface area contributed by atoms with Gasteiger partial charge in [-0.1, -0.05) is 340 Å². The van der Waals surface area contributed by atoms with E-state index in [9.17, 15) is 0 Å². The molecular formula is C112H69NS. The third-order valence-electron chi connectivity index (χ3n) is 24.2. The quantitative estimate of drug-likeness (QED) is 0.151. The molecular weight excluding hydrogens is 1390 g/mol. The molecule has 0 aliphatic heterocycles. The van der Waals surface area contributed by atoms with E-state index in [0.29, 0.717) is 0 Å². The molecule has 0 radical (unpaired) electrons. The van der Waals surface area contributed by atoms with Crippen molar-refractivity contribution in [2.75, 3.05) is 0 Å².